The van der Waals surface area contributed by atoms with Gasteiger partial charge in [-0.25, -0.2) is 9.37 Å². The highest BCUT2D eigenvalue weighted by molar-refractivity contribution is 5.92. The van der Waals surface area contributed by atoms with Crippen molar-refractivity contribution >= 4 is 11.6 Å². The quantitative estimate of drug-likeness (QED) is 0.628. The summed E-state index contributed by atoms with van der Waals surface area (Å²) in [6.45, 7) is 6.18. The molecule has 1 N–H and O–H groups in total. The van der Waals surface area contributed by atoms with E-state index in [1.807, 2.05) is 25.1 Å². The smallest absolute Gasteiger partial charge is 0.224 e. The van der Waals surface area contributed by atoms with Crippen molar-refractivity contribution in [3.05, 3.63) is 71.5 Å². The first-order chi connectivity index (χ1) is 13.0. The first-order valence-corrected chi connectivity index (χ1v) is 9.04. The Labute approximate surface area is 158 Å². The van der Waals surface area contributed by atoms with E-state index in [9.17, 15) is 9.18 Å². The number of nitrogens with one attached hydrogen (secondary N) is 1. The Kier molecular flexibility index (Phi) is 5.69. The number of para-hydroxylation sites is 1. The molecule has 0 spiro atoms. The van der Waals surface area contributed by atoms with E-state index in [1.165, 1.54) is 12.3 Å². The Balaban J connectivity index is 1.65. The van der Waals surface area contributed by atoms with Gasteiger partial charge in [-0.3, -0.25) is 4.79 Å². The summed E-state index contributed by atoms with van der Waals surface area (Å²) in [5, 5.41) is 3.01. The molecule has 1 aromatic heterocycles. The minimum Gasteiger partial charge on any atom is -0.441 e. The van der Waals surface area contributed by atoms with E-state index < -0.39 is 0 Å². The second kappa shape index (κ2) is 8.16. The number of carbonyl (C=O) groups is 1. The van der Waals surface area contributed by atoms with Crippen molar-refractivity contribution in [3.8, 4) is 11.3 Å². The van der Waals surface area contributed by atoms with E-state index in [-0.39, 0.29) is 18.1 Å². The Morgan fingerprint density at radius 1 is 1.19 bits per heavy atom. The van der Waals surface area contributed by atoms with Crippen molar-refractivity contribution in [2.45, 2.75) is 39.5 Å². The number of rotatable bonds is 6. The van der Waals surface area contributed by atoms with Crippen molar-refractivity contribution in [3.63, 3.8) is 0 Å². The number of amides is 1. The van der Waals surface area contributed by atoms with Gasteiger partial charge in [-0.1, -0.05) is 44.2 Å². The highest BCUT2D eigenvalue weighted by Gasteiger charge is 2.14. The van der Waals surface area contributed by atoms with Gasteiger partial charge < -0.3 is 9.73 Å². The summed E-state index contributed by atoms with van der Waals surface area (Å²) in [4.78, 5) is 16.6. The molecule has 3 aromatic rings. The van der Waals surface area contributed by atoms with E-state index in [2.05, 4.69) is 24.1 Å². The predicted molar refractivity (Wildman–Crippen MR) is 104 cm³/mol. The molecule has 0 saturated carbocycles. The number of aromatic nitrogens is 1. The summed E-state index contributed by atoms with van der Waals surface area (Å²) in [5.74, 6) is 0.632. The third kappa shape index (κ3) is 4.42. The molecule has 0 aliphatic carbocycles. The first kappa shape index (κ1) is 18.8. The number of carbonyl (C=O) groups excluding carboxylic acids is 1. The number of hydrogen-bond acceptors (Lipinski definition) is 3. The normalized spacial score (nSPS) is 11.0. The fourth-order valence-electron chi connectivity index (χ4n) is 2.98. The van der Waals surface area contributed by atoms with Gasteiger partial charge in [0.15, 0.2) is 11.7 Å². The van der Waals surface area contributed by atoms with Crippen LogP contribution in [0.25, 0.3) is 11.3 Å². The molecule has 140 valence electrons. The Hall–Kier alpha value is -2.95. The van der Waals surface area contributed by atoms with Crippen molar-refractivity contribution in [2.24, 2.45) is 0 Å². The van der Waals surface area contributed by atoms with Crippen molar-refractivity contribution in [1.82, 2.24) is 4.98 Å². The van der Waals surface area contributed by atoms with Gasteiger partial charge in [0.25, 0.3) is 0 Å². The van der Waals surface area contributed by atoms with Crippen molar-refractivity contribution < 1.29 is 13.6 Å². The van der Waals surface area contributed by atoms with Crippen LogP contribution in [0.15, 0.2) is 53.1 Å². The van der Waals surface area contributed by atoms with Crippen LogP contribution in [0.4, 0.5) is 10.1 Å². The van der Waals surface area contributed by atoms with Crippen LogP contribution in [0.3, 0.4) is 0 Å². The Morgan fingerprint density at radius 2 is 1.96 bits per heavy atom. The Morgan fingerprint density at radius 3 is 2.70 bits per heavy atom. The van der Waals surface area contributed by atoms with Crippen LogP contribution in [0.1, 0.15) is 43.2 Å². The molecule has 0 fully saturated rings. The third-order valence-electron chi connectivity index (χ3n) is 4.45. The molecule has 0 atom stereocenters. The van der Waals surface area contributed by atoms with E-state index in [0.29, 0.717) is 29.6 Å². The second-order valence-corrected chi connectivity index (χ2v) is 6.84. The summed E-state index contributed by atoms with van der Waals surface area (Å²) in [7, 11) is 0. The third-order valence-corrected chi connectivity index (χ3v) is 4.45. The van der Waals surface area contributed by atoms with Gasteiger partial charge in [-0.15, -0.1) is 0 Å². The maximum atomic E-state index is 13.8. The lowest BCUT2D eigenvalue weighted by atomic mass is 9.98. The van der Waals surface area contributed by atoms with Crippen LogP contribution in [0, 0.1) is 12.7 Å². The minimum absolute atomic E-state index is 0.100. The van der Waals surface area contributed by atoms with Gasteiger partial charge in [-0.05, 0) is 36.1 Å². The van der Waals surface area contributed by atoms with Gasteiger partial charge in [0, 0.05) is 18.5 Å². The number of anilines is 1. The lowest BCUT2D eigenvalue weighted by molar-refractivity contribution is -0.116. The highest BCUT2D eigenvalue weighted by Crippen LogP contribution is 2.28. The summed E-state index contributed by atoms with van der Waals surface area (Å²) < 4.78 is 19.4. The summed E-state index contributed by atoms with van der Waals surface area (Å²) in [5.41, 5.74) is 3.38. The number of hydrogen-bond donors (Lipinski definition) is 1. The van der Waals surface area contributed by atoms with E-state index in [0.717, 1.165) is 16.8 Å². The number of oxazole rings is 1. The molecule has 4 nitrogen and oxygen atoms in total. The van der Waals surface area contributed by atoms with Crippen LogP contribution in [-0.2, 0) is 11.2 Å². The summed E-state index contributed by atoms with van der Waals surface area (Å²) >= 11 is 0. The molecule has 3 rings (SSSR count). The second-order valence-electron chi connectivity index (χ2n) is 6.84. The average molecular weight is 366 g/mol. The van der Waals surface area contributed by atoms with Crippen molar-refractivity contribution in [1.29, 1.82) is 0 Å². The zero-order valence-corrected chi connectivity index (χ0v) is 15.8. The monoisotopic (exact) mass is 366 g/mol. The number of aryl methyl sites for hydroxylation is 2. The lowest BCUT2D eigenvalue weighted by Gasteiger charge is -2.16. The molecular formula is C22H23FN2O2. The lowest BCUT2D eigenvalue weighted by Crippen LogP contribution is -2.15. The zero-order chi connectivity index (χ0) is 19.4. The highest BCUT2D eigenvalue weighted by atomic mass is 19.1. The number of halogens is 1. The molecule has 2 aromatic carbocycles. The van der Waals surface area contributed by atoms with Crippen LogP contribution in [0.2, 0.25) is 0 Å². The average Bonchev–Trinajstić information content (AvgIpc) is 3.10. The fraction of sp³-hybridized carbons (Fsp3) is 0.273. The zero-order valence-electron chi connectivity index (χ0n) is 15.8. The molecule has 1 amide bonds. The molecule has 0 aliphatic heterocycles. The molecule has 5 heteroatoms. The topological polar surface area (TPSA) is 55.1 Å². The van der Waals surface area contributed by atoms with Gasteiger partial charge in [0.05, 0.1) is 11.8 Å². The molecule has 0 saturated heterocycles. The first-order valence-electron chi connectivity index (χ1n) is 9.04. The molecule has 0 bridgehead atoms. The van der Waals surface area contributed by atoms with Gasteiger partial charge >= 0.3 is 0 Å². The summed E-state index contributed by atoms with van der Waals surface area (Å²) in [6, 6.07) is 12.4. The summed E-state index contributed by atoms with van der Waals surface area (Å²) in [6.07, 6.45) is 2.08. The standard InChI is InChI=1S/C22H23FN2O2/c1-14(2)16-9-6-7-15(3)22(16)25-20(26)11-12-21-24-13-19(27-21)17-8-4-5-10-18(17)23/h4-10,13-14H,11-12H2,1-3H3,(H,25,26). The maximum Gasteiger partial charge on any atom is 0.224 e. The minimum atomic E-state index is -0.362. The predicted octanol–water partition coefficient (Wildman–Crippen LogP) is 5.48. The van der Waals surface area contributed by atoms with Gasteiger partial charge in [0.1, 0.15) is 5.82 Å². The van der Waals surface area contributed by atoms with E-state index in [1.54, 1.807) is 18.2 Å². The van der Waals surface area contributed by atoms with Gasteiger partial charge in [0.2, 0.25) is 5.91 Å². The Bertz CT molecular complexity index is 947. The fourth-order valence-corrected chi connectivity index (χ4v) is 2.98. The molecule has 1 heterocycles. The van der Waals surface area contributed by atoms with Crippen molar-refractivity contribution in [2.75, 3.05) is 5.32 Å². The largest absolute Gasteiger partial charge is 0.441 e. The van der Waals surface area contributed by atoms with Gasteiger partial charge in [-0.2, -0.15) is 0 Å². The SMILES string of the molecule is Cc1cccc(C(C)C)c1NC(=O)CCc1ncc(-c2ccccc2F)o1. The van der Waals surface area contributed by atoms with Crippen LogP contribution >= 0.6 is 0 Å². The van der Waals surface area contributed by atoms with E-state index >= 15 is 0 Å². The number of benzene rings is 2. The van der Waals surface area contributed by atoms with E-state index in [4.69, 9.17) is 4.42 Å². The molecule has 0 aliphatic rings. The molecule has 0 unspecified atom stereocenters. The number of nitrogens with zero attached hydrogens (tertiary/aromatic N) is 1. The molecule has 0 radical (unpaired) electrons. The van der Waals surface area contributed by atoms with Crippen LogP contribution < -0.4 is 5.32 Å². The van der Waals surface area contributed by atoms with Crippen LogP contribution in [-0.4, -0.2) is 10.9 Å². The molecule has 27 heavy (non-hydrogen) atoms. The van der Waals surface area contributed by atoms with Crippen LogP contribution in [0.5, 0.6) is 0 Å². The molecular weight excluding hydrogens is 343 g/mol. The maximum absolute atomic E-state index is 13.8.